The molecule has 0 fully saturated rings. The molecule has 0 saturated heterocycles. The molecule has 0 radical (unpaired) electrons. The molecule has 0 spiro atoms. The number of hydrogen-bond acceptors (Lipinski definition) is 2. The van der Waals surface area contributed by atoms with Crippen molar-refractivity contribution in [2.24, 2.45) is 0 Å². The lowest BCUT2D eigenvalue weighted by molar-refractivity contribution is 1.21. The zero-order valence-electron chi connectivity index (χ0n) is 18.9. The van der Waals surface area contributed by atoms with E-state index in [0.29, 0.717) is 0 Å². The Morgan fingerprint density at radius 1 is 0.571 bits per heavy atom. The van der Waals surface area contributed by atoms with Gasteiger partial charge in [0.15, 0.2) is 0 Å². The Morgan fingerprint density at radius 3 is 2.31 bits per heavy atom. The highest BCUT2D eigenvalue weighted by molar-refractivity contribution is 6.15. The van der Waals surface area contributed by atoms with Crippen LogP contribution in [0.1, 0.15) is 22.3 Å². The summed E-state index contributed by atoms with van der Waals surface area (Å²) in [4.78, 5) is 9.56. The van der Waals surface area contributed by atoms with Gasteiger partial charge in [-0.2, -0.15) is 0 Å². The molecule has 0 aliphatic heterocycles. The van der Waals surface area contributed by atoms with Gasteiger partial charge in [-0.3, -0.25) is 9.38 Å². The van der Waals surface area contributed by atoms with Gasteiger partial charge in [0.25, 0.3) is 0 Å². The highest BCUT2D eigenvalue weighted by Crippen LogP contribution is 2.46. The maximum Gasteiger partial charge on any atom is 0.146 e. The van der Waals surface area contributed by atoms with E-state index in [1.807, 2.05) is 12.4 Å². The summed E-state index contributed by atoms with van der Waals surface area (Å²) in [5.74, 6) is 0. The van der Waals surface area contributed by atoms with Crippen molar-refractivity contribution in [2.45, 2.75) is 12.8 Å². The van der Waals surface area contributed by atoms with Gasteiger partial charge in [0.2, 0.25) is 0 Å². The monoisotopic (exact) mass is 445 g/mol. The molecule has 3 nitrogen and oxygen atoms in total. The second-order valence-corrected chi connectivity index (χ2v) is 9.88. The molecule has 3 heterocycles. The van der Waals surface area contributed by atoms with E-state index >= 15 is 0 Å². The molecule has 0 atom stereocenters. The molecule has 9 rings (SSSR count). The number of nitrogens with zero attached hydrogens (tertiary/aromatic N) is 3. The molecule has 0 saturated carbocycles. The molecule has 0 unspecified atom stereocenters. The van der Waals surface area contributed by atoms with Crippen LogP contribution in [0.5, 0.6) is 0 Å². The summed E-state index contributed by atoms with van der Waals surface area (Å²) in [5.41, 5.74) is 15.5. The van der Waals surface area contributed by atoms with Crippen molar-refractivity contribution in [3.8, 4) is 22.3 Å². The van der Waals surface area contributed by atoms with Crippen LogP contribution in [0.4, 0.5) is 0 Å². The molecule has 3 heteroatoms. The molecule has 2 aliphatic carbocycles. The maximum absolute atomic E-state index is 5.10. The molecule has 0 N–H and O–H groups in total. The predicted octanol–water partition coefficient (Wildman–Crippen LogP) is 7.33. The van der Waals surface area contributed by atoms with Crippen molar-refractivity contribution in [2.75, 3.05) is 0 Å². The Labute approximate surface area is 201 Å². The number of aromatic nitrogens is 3. The maximum atomic E-state index is 5.10. The lowest BCUT2D eigenvalue weighted by Gasteiger charge is -2.11. The first kappa shape index (κ1) is 17.9. The van der Waals surface area contributed by atoms with Crippen LogP contribution < -0.4 is 0 Å². The number of rotatable bonds is 0. The third kappa shape index (κ3) is 2.21. The van der Waals surface area contributed by atoms with Crippen LogP contribution in [-0.2, 0) is 12.8 Å². The fourth-order valence-corrected chi connectivity index (χ4v) is 6.53. The second kappa shape index (κ2) is 6.13. The van der Waals surface area contributed by atoms with Gasteiger partial charge in [0, 0.05) is 17.0 Å². The largest absolute Gasteiger partial charge is 0.290 e. The normalized spacial score (nSPS) is 13.5. The summed E-state index contributed by atoms with van der Waals surface area (Å²) in [5, 5.41) is 3.68. The van der Waals surface area contributed by atoms with Crippen molar-refractivity contribution in [3.05, 3.63) is 114 Å². The predicted molar refractivity (Wildman–Crippen MR) is 142 cm³/mol. The number of hydrogen-bond donors (Lipinski definition) is 0. The van der Waals surface area contributed by atoms with Crippen LogP contribution in [0.2, 0.25) is 0 Å². The zero-order valence-corrected chi connectivity index (χ0v) is 18.9. The molecule has 3 aromatic heterocycles. The van der Waals surface area contributed by atoms with Crippen molar-refractivity contribution in [1.82, 2.24) is 14.4 Å². The first-order valence-corrected chi connectivity index (χ1v) is 12.2. The molecule has 0 bridgehead atoms. The molecule has 0 amide bonds. The Kier molecular flexibility index (Phi) is 3.14. The van der Waals surface area contributed by atoms with Crippen molar-refractivity contribution >= 4 is 38.4 Å². The van der Waals surface area contributed by atoms with Crippen LogP contribution in [0.3, 0.4) is 0 Å². The van der Waals surface area contributed by atoms with E-state index < -0.39 is 0 Å². The van der Waals surface area contributed by atoms with E-state index in [1.165, 1.54) is 60.7 Å². The van der Waals surface area contributed by atoms with Gasteiger partial charge in [-0.25, -0.2) is 4.98 Å². The average Bonchev–Trinajstić information content (AvgIpc) is 3.57. The highest BCUT2D eigenvalue weighted by Gasteiger charge is 2.26. The summed E-state index contributed by atoms with van der Waals surface area (Å²) in [6.07, 6.45) is 5.89. The summed E-state index contributed by atoms with van der Waals surface area (Å²) in [7, 11) is 0. The number of benzene rings is 4. The zero-order chi connectivity index (χ0) is 22.7. The standard InChI is InChI=1S/C32H19N3/c1-2-6-22-18(5-1)11-19-12-20-13-21-14-27-23-9-10-33-17-31(23)35-30-8-4-3-7-29(30)34-32(35)28(27)16-26(21)25(20)15-24(19)22/h1-10,12,14-17H,11,13H2. The number of fused-ring (bicyclic) bond motifs is 14. The van der Waals surface area contributed by atoms with Crippen molar-refractivity contribution in [1.29, 1.82) is 0 Å². The smallest absolute Gasteiger partial charge is 0.146 e. The third-order valence-electron chi connectivity index (χ3n) is 8.06. The van der Waals surface area contributed by atoms with Gasteiger partial charge in [0.1, 0.15) is 5.65 Å². The highest BCUT2D eigenvalue weighted by atomic mass is 15.0. The Hall–Kier alpha value is -4.50. The Morgan fingerprint density at radius 2 is 1.34 bits per heavy atom. The van der Waals surface area contributed by atoms with Gasteiger partial charge in [-0.15, -0.1) is 0 Å². The second-order valence-electron chi connectivity index (χ2n) is 9.88. The first-order chi connectivity index (χ1) is 17.3. The van der Waals surface area contributed by atoms with Crippen molar-refractivity contribution < 1.29 is 0 Å². The van der Waals surface area contributed by atoms with Gasteiger partial charge in [0.05, 0.1) is 22.7 Å². The molecular formula is C32H19N3. The van der Waals surface area contributed by atoms with Crippen LogP contribution in [0, 0.1) is 0 Å². The van der Waals surface area contributed by atoms with E-state index in [0.717, 1.165) is 35.0 Å². The summed E-state index contributed by atoms with van der Waals surface area (Å²) >= 11 is 0. The van der Waals surface area contributed by atoms with E-state index in [-0.39, 0.29) is 0 Å². The molecule has 2 aliphatic rings. The molecular weight excluding hydrogens is 426 g/mol. The van der Waals surface area contributed by atoms with Gasteiger partial charge >= 0.3 is 0 Å². The average molecular weight is 446 g/mol. The summed E-state index contributed by atoms with van der Waals surface area (Å²) < 4.78 is 2.28. The number of para-hydroxylation sites is 2. The molecule has 4 aromatic carbocycles. The minimum atomic E-state index is 0.985. The SMILES string of the molecule is c1ccc2c(c1)Cc1cc3c(cc1-2)-c1cc2c(cc1C3)c1ccncc1n1c3ccccc3nc21. The fraction of sp³-hybridized carbons (Fsp3) is 0.0625. The van der Waals surface area contributed by atoms with E-state index in [1.54, 1.807) is 0 Å². The van der Waals surface area contributed by atoms with Crippen LogP contribution in [0.15, 0.2) is 91.3 Å². The third-order valence-corrected chi connectivity index (χ3v) is 8.06. The lowest BCUT2D eigenvalue weighted by atomic mass is 9.96. The molecule has 7 aromatic rings. The summed E-state index contributed by atoms with van der Waals surface area (Å²) in [6, 6.07) is 29.1. The number of pyridine rings is 2. The first-order valence-electron chi connectivity index (χ1n) is 12.2. The Balaban J connectivity index is 1.40. The molecule has 162 valence electrons. The van der Waals surface area contributed by atoms with E-state index in [2.05, 4.69) is 88.2 Å². The van der Waals surface area contributed by atoms with Gasteiger partial charge in [-0.1, -0.05) is 42.5 Å². The minimum Gasteiger partial charge on any atom is -0.290 e. The van der Waals surface area contributed by atoms with Gasteiger partial charge < -0.3 is 0 Å². The van der Waals surface area contributed by atoms with Crippen LogP contribution >= 0.6 is 0 Å². The van der Waals surface area contributed by atoms with Crippen LogP contribution in [-0.4, -0.2) is 14.4 Å². The van der Waals surface area contributed by atoms with E-state index in [9.17, 15) is 0 Å². The summed E-state index contributed by atoms with van der Waals surface area (Å²) in [6.45, 7) is 0. The lowest BCUT2D eigenvalue weighted by Crippen LogP contribution is -1.93. The van der Waals surface area contributed by atoms with E-state index in [4.69, 9.17) is 4.98 Å². The quantitative estimate of drug-likeness (QED) is 0.229. The molecule has 35 heavy (non-hydrogen) atoms. The van der Waals surface area contributed by atoms with Gasteiger partial charge in [-0.05, 0) is 99.1 Å². The Bertz CT molecular complexity index is 2060. The minimum absolute atomic E-state index is 0.985. The van der Waals surface area contributed by atoms with Crippen LogP contribution in [0.25, 0.3) is 60.6 Å². The van der Waals surface area contributed by atoms with Crippen molar-refractivity contribution in [3.63, 3.8) is 0 Å². The topological polar surface area (TPSA) is 30.2 Å². The number of imidazole rings is 1. The fourth-order valence-electron chi connectivity index (χ4n) is 6.53.